The lowest BCUT2D eigenvalue weighted by molar-refractivity contribution is -0.353. The van der Waals surface area contributed by atoms with Gasteiger partial charge in [-0.1, -0.05) is 0 Å². The van der Waals surface area contributed by atoms with Crippen molar-refractivity contribution < 1.29 is 27.0 Å². The second kappa shape index (κ2) is 2.56. The molecule has 1 rings (SSSR count). The van der Waals surface area contributed by atoms with E-state index in [2.05, 4.69) is 9.47 Å². The maximum absolute atomic E-state index is 12.3. The molecule has 2 nitrogen and oxygen atoms in total. The molecular weight excluding hydrogens is 180 g/mol. The molecule has 1 heterocycles. The number of epoxide rings is 1. The molecule has 0 aliphatic carbocycles. The van der Waals surface area contributed by atoms with Gasteiger partial charge < -0.3 is 4.74 Å². The van der Waals surface area contributed by atoms with Crippen LogP contribution in [0.25, 0.3) is 0 Å². The van der Waals surface area contributed by atoms with E-state index in [1.165, 1.54) is 6.92 Å². The van der Waals surface area contributed by atoms with Crippen LogP contribution in [-0.2, 0) is 9.47 Å². The third kappa shape index (κ3) is 1.87. The Bertz CT molecular complexity index is 177. The van der Waals surface area contributed by atoms with Crippen LogP contribution in [0.3, 0.4) is 0 Å². The number of rotatable bonds is 3. The Morgan fingerprint density at radius 2 is 1.67 bits per heavy atom. The van der Waals surface area contributed by atoms with Gasteiger partial charge in [-0.05, 0) is 6.92 Å². The fraction of sp³-hybridized carbons (Fsp3) is 1.00. The molecule has 0 aromatic rings. The maximum Gasteiger partial charge on any atom is 0.421 e. The largest absolute Gasteiger partial charge is 0.421 e. The summed E-state index contributed by atoms with van der Waals surface area (Å²) in [5.74, 6) is -4.18. The first kappa shape index (κ1) is 9.73. The average molecular weight is 188 g/mol. The van der Waals surface area contributed by atoms with Gasteiger partial charge in [0.2, 0.25) is 0 Å². The van der Waals surface area contributed by atoms with Gasteiger partial charge in [-0.25, -0.2) is 0 Å². The Kier molecular flexibility index (Phi) is 2.08. The number of hydrogen-bond acceptors (Lipinski definition) is 2. The van der Waals surface area contributed by atoms with Gasteiger partial charge in [0.25, 0.3) is 0 Å². The average Bonchev–Trinajstić information content (AvgIpc) is 2.41. The zero-order valence-corrected chi connectivity index (χ0v) is 6.48. The smallest absolute Gasteiger partial charge is 0.341 e. The van der Waals surface area contributed by atoms with Gasteiger partial charge in [0.15, 0.2) is 6.29 Å². The Hall–Kier alpha value is -0.360. The Morgan fingerprint density at radius 3 is 1.92 bits per heavy atom. The Morgan fingerprint density at radius 1 is 1.25 bits per heavy atom. The van der Waals surface area contributed by atoms with Crippen molar-refractivity contribution in [2.24, 2.45) is 0 Å². The normalized spacial score (nSPS) is 30.5. The van der Waals surface area contributed by atoms with Crippen LogP contribution >= 0.6 is 0 Å². The lowest BCUT2D eigenvalue weighted by atomic mass is 10.3. The van der Waals surface area contributed by atoms with Crippen LogP contribution in [0, 0.1) is 0 Å². The molecule has 1 aliphatic heterocycles. The summed E-state index contributed by atoms with van der Waals surface area (Å²) in [5, 5.41) is 0. The fourth-order valence-electron chi connectivity index (χ4n) is 0.539. The van der Waals surface area contributed by atoms with E-state index in [0.717, 1.165) is 0 Å². The number of halogens is 4. The molecule has 0 radical (unpaired) electrons. The first-order chi connectivity index (χ1) is 5.24. The van der Waals surface area contributed by atoms with E-state index >= 15 is 0 Å². The molecule has 0 saturated carbocycles. The molecule has 0 aromatic heterocycles. The summed E-state index contributed by atoms with van der Waals surface area (Å²) in [6.45, 7) is 1.55. The van der Waals surface area contributed by atoms with Gasteiger partial charge in [0, 0.05) is 6.92 Å². The lowest BCUT2D eigenvalue weighted by Crippen LogP contribution is -2.41. The molecule has 2 unspecified atom stereocenters. The SMILES string of the molecule is CC1OC1OC(F)(F)C(C)(F)F. The summed E-state index contributed by atoms with van der Waals surface area (Å²) >= 11 is 0. The standard InChI is InChI=1S/C6H8F4O2/c1-3-4(11-3)12-6(9,10)5(2,7)8/h3-4H,1-2H3. The van der Waals surface area contributed by atoms with E-state index in [1.54, 1.807) is 0 Å². The summed E-state index contributed by atoms with van der Waals surface area (Å²) in [6.07, 6.45) is -6.19. The van der Waals surface area contributed by atoms with Gasteiger partial charge in [0.1, 0.15) is 6.10 Å². The second-order valence-electron chi connectivity index (χ2n) is 2.73. The molecule has 12 heavy (non-hydrogen) atoms. The van der Waals surface area contributed by atoms with E-state index in [1.807, 2.05) is 0 Å². The highest BCUT2D eigenvalue weighted by Crippen LogP contribution is 2.39. The zero-order chi connectivity index (χ0) is 9.57. The monoisotopic (exact) mass is 188 g/mol. The minimum Gasteiger partial charge on any atom is -0.341 e. The minimum absolute atomic E-state index is 0.0973. The molecule has 0 amide bonds. The van der Waals surface area contributed by atoms with Crippen molar-refractivity contribution in [2.75, 3.05) is 0 Å². The molecule has 1 fully saturated rings. The molecular formula is C6H8F4O2. The Labute approximate surface area is 66.4 Å². The van der Waals surface area contributed by atoms with Crippen LogP contribution in [0.2, 0.25) is 0 Å². The van der Waals surface area contributed by atoms with Crippen molar-refractivity contribution in [2.45, 2.75) is 38.3 Å². The first-order valence-electron chi connectivity index (χ1n) is 3.33. The lowest BCUT2D eigenvalue weighted by Gasteiger charge is -2.21. The van der Waals surface area contributed by atoms with Crippen LogP contribution in [0.4, 0.5) is 17.6 Å². The third-order valence-corrected chi connectivity index (χ3v) is 1.43. The second-order valence-corrected chi connectivity index (χ2v) is 2.73. The molecule has 0 N–H and O–H groups in total. The number of ether oxygens (including phenoxy) is 2. The summed E-state index contributed by atoms with van der Waals surface area (Å²) in [6, 6.07) is 0. The summed E-state index contributed by atoms with van der Waals surface area (Å²) in [4.78, 5) is 0. The van der Waals surface area contributed by atoms with E-state index in [4.69, 9.17) is 0 Å². The predicted molar refractivity (Wildman–Crippen MR) is 31.0 cm³/mol. The van der Waals surface area contributed by atoms with Gasteiger partial charge in [-0.2, -0.15) is 17.6 Å². The highest BCUT2D eigenvalue weighted by molar-refractivity contribution is 4.77. The highest BCUT2D eigenvalue weighted by atomic mass is 19.3. The maximum atomic E-state index is 12.3. The summed E-state index contributed by atoms with van der Waals surface area (Å²) in [5.41, 5.74) is 0. The van der Waals surface area contributed by atoms with Crippen molar-refractivity contribution >= 4 is 0 Å². The summed E-state index contributed by atoms with van der Waals surface area (Å²) in [7, 11) is 0. The molecule has 2 atom stereocenters. The van der Waals surface area contributed by atoms with E-state index in [9.17, 15) is 17.6 Å². The van der Waals surface area contributed by atoms with Crippen molar-refractivity contribution in [1.29, 1.82) is 0 Å². The van der Waals surface area contributed by atoms with E-state index in [-0.39, 0.29) is 6.92 Å². The van der Waals surface area contributed by atoms with Crippen molar-refractivity contribution in [3.05, 3.63) is 0 Å². The molecule has 0 spiro atoms. The topological polar surface area (TPSA) is 21.8 Å². The Balaban J connectivity index is 2.48. The molecule has 72 valence electrons. The summed E-state index contributed by atoms with van der Waals surface area (Å²) < 4.78 is 57.0. The van der Waals surface area contributed by atoms with Crippen LogP contribution in [0.5, 0.6) is 0 Å². The van der Waals surface area contributed by atoms with Gasteiger partial charge in [0.05, 0.1) is 0 Å². The minimum atomic E-state index is -4.46. The first-order valence-corrected chi connectivity index (χ1v) is 3.33. The van der Waals surface area contributed by atoms with Crippen LogP contribution in [0.1, 0.15) is 13.8 Å². The molecule has 1 saturated heterocycles. The van der Waals surface area contributed by atoms with E-state index < -0.39 is 24.4 Å². The van der Waals surface area contributed by atoms with Crippen molar-refractivity contribution in [3.63, 3.8) is 0 Å². The van der Waals surface area contributed by atoms with Crippen LogP contribution in [0.15, 0.2) is 0 Å². The number of hydrogen-bond donors (Lipinski definition) is 0. The van der Waals surface area contributed by atoms with Gasteiger partial charge in [-0.3, -0.25) is 4.74 Å². The molecule has 6 heteroatoms. The highest BCUT2D eigenvalue weighted by Gasteiger charge is 2.58. The third-order valence-electron chi connectivity index (χ3n) is 1.43. The van der Waals surface area contributed by atoms with E-state index in [0.29, 0.717) is 0 Å². The molecule has 0 bridgehead atoms. The number of alkyl halides is 4. The zero-order valence-electron chi connectivity index (χ0n) is 6.48. The van der Waals surface area contributed by atoms with Gasteiger partial charge >= 0.3 is 12.0 Å². The fourth-order valence-corrected chi connectivity index (χ4v) is 0.539. The quantitative estimate of drug-likeness (QED) is 0.499. The molecule has 1 aliphatic rings. The van der Waals surface area contributed by atoms with Gasteiger partial charge in [-0.15, -0.1) is 0 Å². The predicted octanol–water partition coefficient (Wildman–Crippen LogP) is 2.00. The molecule has 0 aromatic carbocycles. The van der Waals surface area contributed by atoms with Crippen molar-refractivity contribution in [1.82, 2.24) is 0 Å². The van der Waals surface area contributed by atoms with Crippen LogP contribution in [-0.4, -0.2) is 24.4 Å². The van der Waals surface area contributed by atoms with Crippen LogP contribution < -0.4 is 0 Å². The van der Waals surface area contributed by atoms with Crippen molar-refractivity contribution in [3.8, 4) is 0 Å².